The van der Waals surface area contributed by atoms with Crippen LogP contribution in [0.3, 0.4) is 0 Å². The van der Waals surface area contributed by atoms with Gasteiger partial charge in [-0.2, -0.15) is 0 Å². The van der Waals surface area contributed by atoms with Crippen molar-refractivity contribution < 1.29 is 29.3 Å². The van der Waals surface area contributed by atoms with E-state index in [1.54, 1.807) is 0 Å². The minimum absolute atomic E-state index is 0.0660. The first-order valence-electron chi connectivity index (χ1n) is 10.9. The molecule has 0 aliphatic heterocycles. The minimum Gasteiger partial charge on any atom is -0.480 e. The van der Waals surface area contributed by atoms with Crippen molar-refractivity contribution in [2.45, 2.75) is 18.4 Å². The zero-order valence-electron chi connectivity index (χ0n) is 18.5. The predicted molar refractivity (Wildman–Crippen MR) is 133 cm³/mol. The van der Waals surface area contributed by atoms with E-state index in [1.165, 1.54) is 18.2 Å². The summed E-state index contributed by atoms with van der Waals surface area (Å²) < 4.78 is 5.97. The normalized spacial score (nSPS) is 12.9. The molecule has 4 rings (SSSR count). The van der Waals surface area contributed by atoms with E-state index in [0.717, 1.165) is 22.3 Å². The molecule has 0 unspecified atom stereocenters. The zero-order chi connectivity index (χ0) is 24.9. The Bertz CT molecular complexity index is 1230. The Kier molecular flexibility index (Phi) is 7.48. The van der Waals surface area contributed by atoms with Crippen molar-refractivity contribution in [1.82, 2.24) is 5.32 Å². The number of ether oxygens (including phenoxy) is 1. The van der Waals surface area contributed by atoms with Crippen molar-refractivity contribution >= 4 is 39.6 Å². The lowest BCUT2D eigenvalue weighted by molar-refractivity contribution is -0.139. The maximum absolute atomic E-state index is 12.5. The molecule has 1 aliphatic carbocycles. The second-order valence-electron chi connectivity index (χ2n) is 8.02. The fourth-order valence-electron chi connectivity index (χ4n) is 4.13. The number of carbonyl (C=O) groups is 3. The highest BCUT2D eigenvalue weighted by molar-refractivity contribution is 9.10. The third-order valence-electron chi connectivity index (χ3n) is 5.83. The van der Waals surface area contributed by atoms with Gasteiger partial charge in [0.1, 0.15) is 12.6 Å². The molecule has 0 aromatic heterocycles. The molecule has 1 aliphatic rings. The number of benzene rings is 3. The molecule has 2 amide bonds. The Morgan fingerprint density at radius 3 is 2.17 bits per heavy atom. The number of fused-ring (bicyclic) bond motifs is 3. The number of amides is 2. The molecule has 0 saturated heterocycles. The van der Waals surface area contributed by atoms with Crippen LogP contribution in [-0.4, -0.2) is 47.4 Å². The third kappa shape index (κ3) is 5.36. The van der Waals surface area contributed by atoms with E-state index in [2.05, 4.69) is 38.7 Å². The van der Waals surface area contributed by atoms with E-state index in [0.29, 0.717) is 10.2 Å². The van der Waals surface area contributed by atoms with Crippen LogP contribution in [0.2, 0.25) is 0 Å². The maximum atomic E-state index is 12.5. The lowest BCUT2D eigenvalue weighted by Crippen LogP contribution is -2.41. The molecule has 0 heterocycles. The van der Waals surface area contributed by atoms with Crippen molar-refractivity contribution in [3.05, 3.63) is 87.9 Å². The number of carbonyl (C=O) groups excluding carboxylic acids is 2. The van der Waals surface area contributed by atoms with Crippen LogP contribution in [0.1, 0.15) is 33.8 Å². The molecule has 1 atom stereocenters. The molecule has 4 N–H and O–H groups in total. The second-order valence-corrected chi connectivity index (χ2v) is 8.88. The van der Waals surface area contributed by atoms with Gasteiger partial charge in [0.15, 0.2) is 0 Å². The Morgan fingerprint density at radius 1 is 0.971 bits per heavy atom. The fourth-order valence-corrected chi connectivity index (χ4v) is 4.61. The highest BCUT2D eigenvalue weighted by Gasteiger charge is 2.29. The molecule has 0 spiro atoms. The topological polar surface area (TPSA) is 125 Å². The number of hydrogen-bond acceptors (Lipinski definition) is 5. The van der Waals surface area contributed by atoms with Crippen LogP contribution >= 0.6 is 15.9 Å². The van der Waals surface area contributed by atoms with Crippen LogP contribution in [0.5, 0.6) is 0 Å². The summed E-state index contributed by atoms with van der Waals surface area (Å²) in [4.78, 5) is 36.1. The number of rotatable bonds is 8. The second kappa shape index (κ2) is 10.7. The molecule has 3 aromatic carbocycles. The van der Waals surface area contributed by atoms with E-state index in [1.807, 2.05) is 36.4 Å². The summed E-state index contributed by atoms with van der Waals surface area (Å²) in [7, 11) is 0. The van der Waals surface area contributed by atoms with Crippen LogP contribution in [0.15, 0.2) is 71.2 Å². The van der Waals surface area contributed by atoms with Gasteiger partial charge >= 0.3 is 12.1 Å². The Morgan fingerprint density at radius 2 is 1.60 bits per heavy atom. The standard InChI is InChI=1S/C26H23BrN2O6/c27-21-13-15(24(31)28-23(11-12-30)25(32)33)9-10-22(21)29-26(34)35-14-20-18-7-3-1-5-16(18)17-6-2-4-8-19(17)20/h1-10,13,20,23,30H,11-12,14H2,(H,28,31)(H,29,34)(H,32,33)/t23-/m1/s1. The number of anilines is 1. The SMILES string of the molecule is O=C(Nc1ccc(C(=O)N[C@H](CCO)C(=O)O)cc1Br)OCC1c2ccccc2-c2ccccc21. The molecule has 9 heteroatoms. The van der Waals surface area contributed by atoms with Gasteiger partial charge in [-0.05, 0) is 56.4 Å². The summed E-state index contributed by atoms with van der Waals surface area (Å²) in [5.41, 5.74) is 5.08. The van der Waals surface area contributed by atoms with Gasteiger partial charge in [0, 0.05) is 29.0 Å². The summed E-state index contributed by atoms with van der Waals surface area (Å²) in [5.74, 6) is -1.91. The van der Waals surface area contributed by atoms with Crippen LogP contribution in [0.25, 0.3) is 11.1 Å². The average molecular weight is 539 g/mol. The Hall–Kier alpha value is -3.69. The van der Waals surface area contributed by atoms with Crippen LogP contribution < -0.4 is 10.6 Å². The lowest BCUT2D eigenvalue weighted by atomic mass is 9.98. The van der Waals surface area contributed by atoms with Gasteiger partial charge in [-0.1, -0.05) is 48.5 Å². The number of aliphatic hydroxyl groups excluding tert-OH is 1. The number of aliphatic hydroxyl groups is 1. The van der Waals surface area contributed by atoms with Gasteiger partial charge < -0.3 is 20.3 Å². The van der Waals surface area contributed by atoms with E-state index < -0.39 is 24.0 Å². The molecule has 0 saturated carbocycles. The Labute approximate surface area is 210 Å². The largest absolute Gasteiger partial charge is 0.480 e. The van der Waals surface area contributed by atoms with Gasteiger partial charge in [0.2, 0.25) is 0 Å². The molecule has 8 nitrogen and oxygen atoms in total. The molecule has 0 bridgehead atoms. The monoisotopic (exact) mass is 538 g/mol. The van der Waals surface area contributed by atoms with Gasteiger partial charge in [-0.15, -0.1) is 0 Å². The number of nitrogens with one attached hydrogen (secondary N) is 2. The van der Waals surface area contributed by atoms with E-state index in [4.69, 9.17) is 14.9 Å². The smallest absolute Gasteiger partial charge is 0.411 e. The van der Waals surface area contributed by atoms with Crippen molar-refractivity contribution in [3.63, 3.8) is 0 Å². The maximum Gasteiger partial charge on any atom is 0.411 e. The predicted octanol–water partition coefficient (Wildman–Crippen LogP) is 4.38. The summed E-state index contributed by atoms with van der Waals surface area (Å²) in [6.45, 7) is -0.205. The Balaban J connectivity index is 1.39. The van der Waals surface area contributed by atoms with Gasteiger partial charge in [-0.25, -0.2) is 9.59 Å². The molecule has 3 aromatic rings. The number of hydrogen-bond donors (Lipinski definition) is 4. The van der Waals surface area contributed by atoms with Crippen LogP contribution in [0, 0.1) is 0 Å². The van der Waals surface area contributed by atoms with Crippen LogP contribution in [-0.2, 0) is 9.53 Å². The number of carboxylic acid groups (broad SMARTS) is 1. The third-order valence-corrected chi connectivity index (χ3v) is 6.49. The lowest BCUT2D eigenvalue weighted by Gasteiger charge is -2.16. The average Bonchev–Trinajstić information content (AvgIpc) is 3.17. The van der Waals surface area contributed by atoms with Crippen molar-refractivity contribution in [1.29, 1.82) is 0 Å². The fraction of sp³-hybridized carbons (Fsp3) is 0.192. The summed E-state index contributed by atoms with van der Waals surface area (Å²) in [5, 5.41) is 23.1. The highest BCUT2D eigenvalue weighted by atomic mass is 79.9. The van der Waals surface area contributed by atoms with Gasteiger partial charge in [-0.3, -0.25) is 10.1 Å². The van der Waals surface area contributed by atoms with Crippen molar-refractivity contribution in [2.75, 3.05) is 18.5 Å². The molecule has 0 fully saturated rings. The first-order valence-corrected chi connectivity index (χ1v) is 11.7. The molecular formula is C26H23BrN2O6. The summed E-state index contributed by atoms with van der Waals surface area (Å²) >= 11 is 3.32. The first-order chi connectivity index (χ1) is 16.9. The summed E-state index contributed by atoms with van der Waals surface area (Å²) in [6.07, 6.45) is -0.748. The quantitative estimate of drug-likeness (QED) is 0.337. The van der Waals surface area contributed by atoms with Gasteiger partial charge in [0.05, 0.1) is 5.69 Å². The van der Waals surface area contributed by atoms with Crippen LogP contribution in [0.4, 0.5) is 10.5 Å². The number of aliphatic carboxylic acids is 1. The van der Waals surface area contributed by atoms with E-state index in [9.17, 15) is 14.4 Å². The zero-order valence-corrected chi connectivity index (χ0v) is 20.1. The number of carboxylic acids is 1. The highest BCUT2D eigenvalue weighted by Crippen LogP contribution is 2.44. The van der Waals surface area contributed by atoms with Gasteiger partial charge in [0.25, 0.3) is 5.91 Å². The molecule has 35 heavy (non-hydrogen) atoms. The molecule has 0 radical (unpaired) electrons. The van der Waals surface area contributed by atoms with E-state index in [-0.39, 0.29) is 31.1 Å². The summed E-state index contributed by atoms with van der Waals surface area (Å²) in [6, 6.07) is 19.3. The van der Waals surface area contributed by atoms with Crippen molar-refractivity contribution in [3.8, 4) is 11.1 Å². The molecular weight excluding hydrogens is 516 g/mol. The number of halogens is 1. The minimum atomic E-state index is -1.24. The van der Waals surface area contributed by atoms with Crippen molar-refractivity contribution in [2.24, 2.45) is 0 Å². The van der Waals surface area contributed by atoms with E-state index >= 15 is 0 Å². The molecule has 180 valence electrons. The first kappa shape index (κ1) is 24.4.